The molecule has 0 spiro atoms. The number of likely N-dealkylation sites (tertiary alicyclic amines) is 1. The Morgan fingerprint density at radius 2 is 2.00 bits per heavy atom. The quantitative estimate of drug-likeness (QED) is 0.527. The van der Waals surface area contributed by atoms with Crippen LogP contribution in [0.2, 0.25) is 0 Å². The number of hydrogen-bond acceptors (Lipinski definition) is 6. The summed E-state index contributed by atoms with van der Waals surface area (Å²) in [6, 6.07) is 17.8. The molecule has 2 aromatic carbocycles. The molecule has 156 valence electrons. The molecule has 1 aliphatic rings. The van der Waals surface area contributed by atoms with Crippen LogP contribution in [0.1, 0.15) is 18.4 Å². The van der Waals surface area contributed by atoms with Gasteiger partial charge in [-0.25, -0.2) is 4.68 Å². The van der Waals surface area contributed by atoms with Gasteiger partial charge in [0.1, 0.15) is 0 Å². The SMILES string of the molecule is Cc1cccc(Nc2nn(CN3CCCC(C(=O)Nc4ccccc4)C3)c(=S)s2)c1. The molecule has 1 aromatic heterocycles. The molecule has 0 saturated carbocycles. The molecule has 6 nitrogen and oxygen atoms in total. The molecule has 1 saturated heterocycles. The van der Waals surface area contributed by atoms with Crippen molar-refractivity contribution in [3.8, 4) is 0 Å². The van der Waals surface area contributed by atoms with Crippen LogP contribution in [-0.4, -0.2) is 33.7 Å². The summed E-state index contributed by atoms with van der Waals surface area (Å²) in [5.74, 6) is 0.0474. The molecule has 1 aliphatic heterocycles. The highest BCUT2D eigenvalue weighted by Gasteiger charge is 2.26. The minimum atomic E-state index is -0.0309. The van der Waals surface area contributed by atoms with Gasteiger partial charge in [-0.05, 0) is 68.4 Å². The number of hydrogen-bond donors (Lipinski definition) is 2. The summed E-state index contributed by atoms with van der Waals surface area (Å²) in [6.07, 6.45) is 1.89. The van der Waals surface area contributed by atoms with Crippen LogP contribution in [0.3, 0.4) is 0 Å². The largest absolute Gasteiger partial charge is 0.330 e. The topological polar surface area (TPSA) is 62.2 Å². The second-order valence-electron chi connectivity index (χ2n) is 7.58. The second kappa shape index (κ2) is 9.51. The molecule has 0 aliphatic carbocycles. The Morgan fingerprint density at radius 1 is 1.20 bits per heavy atom. The smallest absolute Gasteiger partial charge is 0.228 e. The van der Waals surface area contributed by atoms with Gasteiger partial charge in [0.2, 0.25) is 11.0 Å². The lowest BCUT2D eigenvalue weighted by Gasteiger charge is -2.31. The van der Waals surface area contributed by atoms with Crippen molar-refractivity contribution in [2.24, 2.45) is 5.92 Å². The van der Waals surface area contributed by atoms with E-state index in [1.807, 2.05) is 47.1 Å². The predicted molar refractivity (Wildman–Crippen MR) is 125 cm³/mol. The van der Waals surface area contributed by atoms with Crippen molar-refractivity contribution >= 4 is 46.0 Å². The number of amides is 1. The van der Waals surface area contributed by atoms with E-state index >= 15 is 0 Å². The molecular formula is C22H25N5OS2. The van der Waals surface area contributed by atoms with Crippen molar-refractivity contribution in [1.29, 1.82) is 0 Å². The third kappa shape index (κ3) is 5.33. The van der Waals surface area contributed by atoms with E-state index in [2.05, 4.69) is 39.7 Å². The maximum absolute atomic E-state index is 12.7. The average Bonchev–Trinajstić information content (AvgIpc) is 3.07. The zero-order valence-electron chi connectivity index (χ0n) is 16.9. The maximum atomic E-state index is 12.7. The van der Waals surface area contributed by atoms with Gasteiger partial charge in [0.05, 0.1) is 12.6 Å². The highest BCUT2D eigenvalue weighted by molar-refractivity contribution is 7.73. The van der Waals surface area contributed by atoms with Gasteiger partial charge in [-0.15, -0.1) is 5.10 Å². The molecule has 1 unspecified atom stereocenters. The van der Waals surface area contributed by atoms with Crippen molar-refractivity contribution < 1.29 is 4.79 Å². The van der Waals surface area contributed by atoms with Crippen LogP contribution in [0.5, 0.6) is 0 Å². The highest BCUT2D eigenvalue weighted by Crippen LogP contribution is 2.23. The summed E-state index contributed by atoms with van der Waals surface area (Å²) in [6.45, 7) is 4.31. The summed E-state index contributed by atoms with van der Waals surface area (Å²) >= 11 is 6.99. The molecule has 2 N–H and O–H groups in total. The molecule has 1 atom stereocenters. The summed E-state index contributed by atoms with van der Waals surface area (Å²) in [7, 11) is 0. The summed E-state index contributed by atoms with van der Waals surface area (Å²) in [5.41, 5.74) is 3.03. The Kier molecular flexibility index (Phi) is 6.56. The van der Waals surface area contributed by atoms with Gasteiger partial charge >= 0.3 is 0 Å². The van der Waals surface area contributed by atoms with Crippen LogP contribution in [0.15, 0.2) is 54.6 Å². The minimum absolute atomic E-state index is 0.0309. The van der Waals surface area contributed by atoms with Crippen LogP contribution < -0.4 is 10.6 Å². The Morgan fingerprint density at radius 3 is 2.80 bits per heavy atom. The zero-order valence-corrected chi connectivity index (χ0v) is 18.5. The highest BCUT2D eigenvalue weighted by atomic mass is 32.1. The first-order valence-corrected chi connectivity index (χ1v) is 11.3. The first-order chi connectivity index (χ1) is 14.6. The Bertz CT molecular complexity index is 1060. The minimum Gasteiger partial charge on any atom is -0.330 e. The van der Waals surface area contributed by atoms with Gasteiger partial charge in [-0.2, -0.15) is 0 Å². The van der Waals surface area contributed by atoms with Crippen molar-refractivity contribution in [3.05, 3.63) is 64.1 Å². The molecule has 8 heteroatoms. The van der Waals surface area contributed by atoms with Gasteiger partial charge in [0.25, 0.3) is 0 Å². The van der Waals surface area contributed by atoms with Crippen LogP contribution in [-0.2, 0) is 11.5 Å². The van der Waals surface area contributed by atoms with Gasteiger partial charge in [-0.3, -0.25) is 9.69 Å². The lowest BCUT2D eigenvalue weighted by atomic mass is 9.97. The number of nitrogens with zero attached hydrogens (tertiary/aromatic N) is 3. The molecular weight excluding hydrogens is 414 g/mol. The number of carbonyl (C=O) groups excluding carboxylic acids is 1. The van der Waals surface area contributed by atoms with Crippen LogP contribution >= 0.6 is 23.6 Å². The molecule has 3 aromatic rings. The molecule has 30 heavy (non-hydrogen) atoms. The van der Waals surface area contributed by atoms with Gasteiger partial charge in [0, 0.05) is 17.9 Å². The summed E-state index contributed by atoms with van der Waals surface area (Å²) < 4.78 is 2.57. The predicted octanol–water partition coefficient (Wildman–Crippen LogP) is 5.03. The van der Waals surface area contributed by atoms with E-state index < -0.39 is 0 Å². The van der Waals surface area contributed by atoms with E-state index in [4.69, 9.17) is 12.2 Å². The van der Waals surface area contributed by atoms with Gasteiger partial charge in [-0.1, -0.05) is 41.7 Å². The van der Waals surface area contributed by atoms with E-state index in [-0.39, 0.29) is 11.8 Å². The number of aromatic nitrogens is 2. The lowest BCUT2D eigenvalue weighted by molar-refractivity contribution is -0.121. The van der Waals surface area contributed by atoms with Gasteiger partial charge in [0.15, 0.2) is 3.95 Å². The van der Waals surface area contributed by atoms with Gasteiger partial charge < -0.3 is 10.6 Å². The fraction of sp³-hybridized carbons (Fsp3) is 0.318. The first kappa shape index (κ1) is 20.7. The summed E-state index contributed by atoms with van der Waals surface area (Å²) in [5, 5.41) is 11.8. The standard InChI is InChI=1S/C22H25N5OS2/c1-16-7-5-11-19(13-16)24-21-25-27(22(29)30-21)15-26-12-6-8-17(14-26)20(28)23-18-9-3-2-4-10-18/h2-5,7,9-11,13,17H,6,8,12,14-15H2,1H3,(H,23,28)(H,24,25). The number of para-hydroxylation sites is 1. The molecule has 1 fully saturated rings. The Labute approximate surface area is 185 Å². The van der Waals surface area contributed by atoms with E-state index in [0.29, 0.717) is 13.2 Å². The van der Waals surface area contributed by atoms with Crippen molar-refractivity contribution in [3.63, 3.8) is 0 Å². The molecule has 4 rings (SSSR count). The van der Waals surface area contributed by atoms with Crippen LogP contribution in [0.4, 0.5) is 16.5 Å². The zero-order chi connectivity index (χ0) is 20.9. The van der Waals surface area contributed by atoms with Crippen LogP contribution in [0.25, 0.3) is 0 Å². The number of piperidine rings is 1. The third-order valence-electron chi connectivity index (χ3n) is 5.13. The number of rotatable bonds is 6. The fourth-order valence-electron chi connectivity index (χ4n) is 3.65. The first-order valence-electron chi connectivity index (χ1n) is 10.1. The number of nitrogens with one attached hydrogen (secondary N) is 2. The third-order valence-corrected chi connectivity index (χ3v) is 6.35. The van der Waals surface area contributed by atoms with E-state index in [1.54, 1.807) is 0 Å². The Hall–Kier alpha value is -2.55. The monoisotopic (exact) mass is 439 g/mol. The number of aryl methyl sites for hydroxylation is 1. The second-order valence-corrected chi connectivity index (χ2v) is 9.20. The van der Waals surface area contributed by atoms with Crippen molar-refractivity contribution in [1.82, 2.24) is 14.7 Å². The Balaban J connectivity index is 1.37. The molecule has 2 heterocycles. The summed E-state index contributed by atoms with van der Waals surface area (Å²) in [4.78, 5) is 14.9. The van der Waals surface area contributed by atoms with E-state index in [1.165, 1.54) is 16.9 Å². The number of benzene rings is 2. The number of carbonyl (C=O) groups is 1. The maximum Gasteiger partial charge on any atom is 0.228 e. The average molecular weight is 440 g/mol. The van der Waals surface area contributed by atoms with Crippen molar-refractivity contribution in [2.45, 2.75) is 26.4 Å². The molecule has 0 bridgehead atoms. The number of anilines is 3. The lowest BCUT2D eigenvalue weighted by Crippen LogP contribution is -2.41. The van der Waals surface area contributed by atoms with E-state index in [9.17, 15) is 4.79 Å². The van der Waals surface area contributed by atoms with Crippen LogP contribution in [0, 0.1) is 16.8 Å². The molecule has 0 radical (unpaired) electrons. The van der Waals surface area contributed by atoms with Crippen molar-refractivity contribution in [2.75, 3.05) is 23.7 Å². The normalized spacial score (nSPS) is 16.9. The fourth-order valence-corrected chi connectivity index (χ4v) is 4.66. The van der Waals surface area contributed by atoms with E-state index in [0.717, 1.165) is 39.8 Å². The molecule has 1 amide bonds.